The summed E-state index contributed by atoms with van der Waals surface area (Å²) >= 11 is 1.27. The molecule has 1 heterocycles. The van der Waals surface area contributed by atoms with Crippen LogP contribution in [0.25, 0.3) is 6.08 Å². The van der Waals surface area contributed by atoms with Crippen LogP contribution in [0.15, 0.2) is 76.6 Å². The lowest BCUT2D eigenvalue weighted by molar-refractivity contribution is -0.118. The van der Waals surface area contributed by atoms with Crippen molar-refractivity contribution >= 4 is 46.2 Å². The molecule has 35 heavy (non-hydrogen) atoms. The Balaban J connectivity index is 1.41. The minimum atomic E-state index is -0.275. The number of methoxy groups -OCH3 is 1. The Labute approximate surface area is 208 Å². The molecule has 1 saturated heterocycles. The van der Waals surface area contributed by atoms with Gasteiger partial charge in [-0.05, 0) is 79.2 Å². The smallest absolute Gasteiger partial charge is 0.264 e. The Morgan fingerprint density at radius 3 is 2.57 bits per heavy atom. The third-order valence-corrected chi connectivity index (χ3v) is 5.97. The van der Waals surface area contributed by atoms with Crippen LogP contribution in [0.2, 0.25) is 0 Å². The molecule has 0 bridgehead atoms. The zero-order chi connectivity index (χ0) is 24.8. The minimum Gasteiger partial charge on any atom is -0.493 e. The third-order valence-electron chi connectivity index (χ3n) is 5.06. The average molecular weight is 488 g/mol. The van der Waals surface area contributed by atoms with Gasteiger partial charge in [-0.15, -0.1) is 0 Å². The van der Waals surface area contributed by atoms with Gasteiger partial charge in [0.1, 0.15) is 0 Å². The van der Waals surface area contributed by atoms with Crippen molar-refractivity contribution in [3.63, 3.8) is 0 Å². The number of aliphatic imine (C=N–C) groups is 1. The van der Waals surface area contributed by atoms with Crippen LogP contribution < -0.4 is 20.1 Å². The van der Waals surface area contributed by atoms with E-state index in [1.54, 1.807) is 24.3 Å². The zero-order valence-corrected chi connectivity index (χ0v) is 20.4. The number of ether oxygens (including phenoxy) is 2. The summed E-state index contributed by atoms with van der Waals surface area (Å²) in [6.45, 7) is 3.80. The second kappa shape index (κ2) is 10.9. The van der Waals surface area contributed by atoms with Crippen molar-refractivity contribution in [3.8, 4) is 11.5 Å². The number of carbonyl (C=O) groups excluding carboxylic acids is 2. The number of anilines is 1. The molecule has 1 fully saturated rings. The Kier molecular flexibility index (Phi) is 7.52. The van der Waals surface area contributed by atoms with E-state index in [2.05, 4.69) is 15.6 Å². The average Bonchev–Trinajstić information content (AvgIpc) is 3.17. The van der Waals surface area contributed by atoms with E-state index in [1.807, 2.05) is 62.4 Å². The third kappa shape index (κ3) is 6.51. The summed E-state index contributed by atoms with van der Waals surface area (Å²) in [6.07, 6.45) is 1.76. The van der Waals surface area contributed by atoms with Crippen molar-refractivity contribution in [1.82, 2.24) is 5.32 Å². The lowest BCUT2D eigenvalue weighted by Gasteiger charge is -2.12. The number of benzene rings is 3. The second-order valence-corrected chi connectivity index (χ2v) is 8.96. The number of hydrogen-bond acceptors (Lipinski definition) is 6. The van der Waals surface area contributed by atoms with E-state index in [9.17, 15) is 9.59 Å². The van der Waals surface area contributed by atoms with Gasteiger partial charge in [-0.2, -0.15) is 0 Å². The molecule has 0 saturated carbocycles. The van der Waals surface area contributed by atoms with Gasteiger partial charge in [0.15, 0.2) is 23.3 Å². The Hall–Kier alpha value is -4.04. The highest BCUT2D eigenvalue weighted by Gasteiger charge is 2.24. The topological polar surface area (TPSA) is 89.0 Å². The first kappa shape index (κ1) is 24.1. The zero-order valence-electron chi connectivity index (χ0n) is 19.6. The minimum absolute atomic E-state index is 0.165. The summed E-state index contributed by atoms with van der Waals surface area (Å²) in [5.41, 5.74) is 4.44. The SMILES string of the molecule is COc1cc(/C=C2\SC(=Nc3ccc(C)cc3)NC2=O)ccc1OCC(=O)Nc1cccc(C)c1. The van der Waals surface area contributed by atoms with E-state index in [-0.39, 0.29) is 18.4 Å². The van der Waals surface area contributed by atoms with Crippen LogP contribution in [0.1, 0.15) is 16.7 Å². The van der Waals surface area contributed by atoms with Crippen molar-refractivity contribution in [3.05, 3.63) is 88.3 Å². The number of hydrogen-bond donors (Lipinski definition) is 2. The summed E-state index contributed by atoms with van der Waals surface area (Å²) < 4.78 is 11.1. The van der Waals surface area contributed by atoms with Gasteiger partial charge in [-0.25, -0.2) is 4.99 Å². The van der Waals surface area contributed by atoms with Crippen LogP contribution in [-0.2, 0) is 9.59 Å². The van der Waals surface area contributed by atoms with E-state index in [1.165, 1.54) is 18.9 Å². The quantitative estimate of drug-likeness (QED) is 0.446. The Bertz CT molecular complexity index is 1320. The molecule has 0 aromatic heterocycles. The number of nitrogens with zero attached hydrogens (tertiary/aromatic N) is 1. The standard InChI is InChI=1S/C27H25N3O4S/c1-17-7-10-20(11-8-17)29-27-30-26(32)24(35-27)15-19-9-12-22(23(14-19)33-3)34-16-25(31)28-21-6-4-5-18(2)13-21/h4-15H,16H2,1-3H3,(H,28,31)(H,29,30,32)/b24-15-. The van der Waals surface area contributed by atoms with Gasteiger partial charge in [-0.3, -0.25) is 9.59 Å². The largest absolute Gasteiger partial charge is 0.493 e. The molecule has 4 rings (SSSR count). The van der Waals surface area contributed by atoms with Crippen LogP contribution in [-0.4, -0.2) is 30.7 Å². The molecule has 0 spiro atoms. The van der Waals surface area contributed by atoms with Crippen LogP contribution >= 0.6 is 11.8 Å². The van der Waals surface area contributed by atoms with E-state index in [4.69, 9.17) is 9.47 Å². The number of amides is 2. The van der Waals surface area contributed by atoms with Crippen LogP contribution in [0.4, 0.5) is 11.4 Å². The maximum Gasteiger partial charge on any atom is 0.264 e. The van der Waals surface area contributed by atoms with Gasteiger partial charge in [-0.1, -0.05) is 35.9 Å². The molecule has 8 heteroatoms. The fourth-order valence-electron chi connectivity index (χ4n) is 3.32. The number of nitrogens with one attached hydrogen (secondary N) is 2. The summed E-state index contributed by atoms with van der Waals surface area (Å²) in [5.74, 6) is 0.398. The van der Waals surface area contributed by atoms with Gasteiger partial charge < -0.3 is 20.1 Å². The van der Waals surface area contributed by atoms with E-state index in [0.717, 1.165) is 22.4 Å². The number of carbonyl (C=O) groups is 2. The summed E-state index contributed by atoms with van der Waals surface area (Å²) in [4.78, 5) is 29.7. The molecule has 0 unspecified atom stereocenters. The fourth-order valence-corrected chi connectivity index (χ4v) is 4.17. The molecule has 3 aromatic carbocycles. The van der Waals surface area contributed by atoms with Gasteiger partial charge in [0, 0.05) is 5.69 Å². The molecule has 0 atom stereocenters. The highest BCUT2D eigenvalue weighted by Crippen LogP contribution is 2.32. The first-order valence-electron chi connectivity index (χ1n) is 10.9. The molecular formula is C27H25N3O4S. The Morgan fingerprint density at radius 1 is 1.03 bits per heavy atom. The van der Waals surface area contributed by atoms with Gasteiger partial charge in [0.2, 0.25) is 0 Å². The van der Waals surface area contributed by atoms with Gasteiger partial charge in [0.25, 0.3) is 11.8 Å². The summed E-state index contributed by atoms with van der Waals surface area (Å²) in [7, 11) is 1.52. The van der Waals surface area contributed by atoms with Crippen molar-refractivity contribution in [2.45, 2.75) is 13.8 Å². The molecule has 0 aliphatic carbocycles. The molecule has 0 radical (unpaired) electrons. The number of thioether (sulfide) groups is 1. The van der Waals surface area contributed by atoms with Crippen molar-refractivity contribution in [2.75, 3.05) is 19.0 Å². The van der Waals surface area contributed by atoms with Gasteiger partial charge in [0.05, 0.1) is 17.7 Å². The van der Waals surface area contributed by atoms with Crippen LogP contribution in [0.3, 0.4) is 0 Å². The number of rotatable bonds is 7. The lowest BCUT2D eigenvalue weighted by Crippen LogP contribution is -2.20. The van der Waals surface area contributed by atoms with Crippen molar-refractivity contribution < 1.29 is 19.1 Å². The highest BCUT2D eigenvalue weighted by atomic mass is 32.2. The van der Waals surface area contributed by atoms with Crippen molar-refractivity contribution in [2.24, 2.45) is 4.99 Å². The maximum atomic E-state index is 12.4. The first-order valence-corrected chi connectivity index (χ1v) is 11.7. The molecule has 2 N–H and O–H groups in total. The molecule has 1 aliphatic rings. The van der Waals surface area contributed by atoms with Gasteiger partial charge >= 0.3 is 0 Å². The highest BCUT2D eigenvalue weighted by molar-refractivity contribution is 8.18. The maximum absolute atomic E-state index is 12.4. The molecule has 3 aromatic rings. The molecule has 178 valence electrons. The molecule has 2 amide bonds. The molecule has 1 aliphatic heterocycles. The molecule has 7 nitrogen and oxygen atoms in total. The van der Waals surface area contributed by atoms with Crippen LogP contribution in [0, 0.1) is 13.8 Å². The predicted octanol–water partition coefficient (Wildman–Crippen LogP) is 5.22. The van der Waals surface area contributed by atoms with Crippen LogP contribution in [0.5, 0.6) is 11.5 Å². The number of amidine groups is 1. The van der Waals surface area contributed by atoms with E-state index >= 15 is 0 Å². The number of aryl methyl sites for hydroxylation is 2. The monoisotopic (exact) mass is 487 g/mol. The first-order chi connectivity index (χ1) is 16.9. The second-order valence-electron chi connectivity index (χ2n) is 7.93. The van der Waals surface area contributed by atoms with Crippen molar-refractivity contribution in [1.29, 1.82) is 0 Å². The molecular weight excluding hydrogens is 462 g/mol. The van der Waals surface area contributed by atoms with E-state index in [0.29, 0.717) is 27.3 Å². The summed E-state index contributed by atoms with van der Waals surface area (Å²) in [5, 5.41) is 6.12. The van der Waals surface area contributed by atoms with E-state index < -0.39 is 0 Å². The normalized spacial score (nSPS) is 15.2. The lowest BCUT2D eigenvalue weighted by atomic mass is 10.2. The Morgan fingerprint density at radius 2 is 1.83 bits per heavy atom. The summed E-state index contributed by atoms with van der Waals surface area (Å²) in [6, 6.07) is 20.6. The fraction of sp³-hybridized carbons (Fsp3) is 0.148. The predicted molar refractivity (Wildman–Crippen MR) is 140 cm³/mol.